The molecule has 27 heavy (non-hydrogen) atoms. The summed E-state index contributed by atoms with van der Waals surface area (Å²) in [6.07, 6.45) is 4.05. The Kier molecular flexibility index (Phi) is 5.84. The molecule has 0 aromatic heterocycles. The first-order chi connectivity index (χ1) is 12.4. The monoisotopic (exact) mass is 366 g/mol. The first-order valence-corrected chi connectivity index (χ1v) is 9.18. The van der Waals surface area contributed by atoms with Crippen molar-refractivity contribution in [2.24, 2.45) is 0 Å². The molecule has 1 N–H and O–H groups in total. The van der Waals surface area contributed by atoms with Crippen LogP contribution >= 0.6 is 0 Å². The molecule has 0 aliphatic carbocycles. The van der Waals surface area contributed by atoms with Crippen LogP contribution < -0.4 is 0 Å². The SMILES string of the molecule is COC(=O)c1ccc(C=Cc2cc(C(C)(C)C)c(O)c(C(C)(C)C)c2)cc1. The van der Waals surface area contributed by atoms with Gasteiger partial charge in [0.2, 0.25) is 0 Å². The highest BCUT2D eigenvalue weighted by Gasteiger charge is 2.26. The van der Waals surface area contributed by atoms with Crippen molar-refractivity contribution in [3.63, 3.8) is 0 Å². The molecule has 0 fully saturated rings. The summed E-state index contributed by atoms with van der Waals surface area (Å²) in [5, 5.41) is 10.8. The van der Waals surface area contributed by atoms with E-state index in [2.05, 4.69) is 41.5 Å². The molecule has 3 nitrogen and oxygen atoms in total. The zero-order chi connectivity index (χ0) is 20.4. The quantitative estimate of drug-likeness (QED) is 0.540. The van der Waals surface area contributed by atoms with Crippen molar-refractivity contribution < 1.29 is 14.6 Å². The van der Waals surface area contributed by atoms with Crippen molar-refractivity contribution in [2.45, 2.75) is 52.4 Å². The largest absolute Gasteiger partial charge is 0.507 e. The van der Waals surface area contributed by atoms with Crippen LogP contribution in [0, 0.1) is 0 Å². The maximum Gasteiger partial charge on any atom is 0.337 e. The first kappa shape index (κ1) is 20.8. The lowest BCUT2D eigenvalue weighted by molar-refractivity contribution is 0.0600. The Labute approximate surface area is 162 Å². The number of ether oxygens (including phenoxy) is 1. The minimum atomic E-state index is -0.339. The lowest BCUT2D eigenvalue weighted by atomic mass is 9.78. The van der Waals surface area contributed by atoms with Gasteiger partial charge in [0.05, 0.1) is 12.7 Å². The van der Waals surface area contributed by atoms with Crippen LogP contribution in [0.1, 0.15) is 74.2 Å². The Hall–Kier alpha value is -2.55. The van der Waals surface area contributed by atoms with Crippen molar-refractivity contribution in [1.82, 2.24) is 0 Å². The highest BCUT2D eigenvalue weighted by molar-refractivity contribution is 5.89. The zero-order valence-electron chi connectivity index (χ0n) is 17.4. The molecule has 0 spiro atoms. The van der Waals surface area contributed by atoms with Crippen LogP contribution in [0.25, 0.3) is 12.2 Å². The predicted molar refractivity (Wildman–Crippen MR) is 112 cm³/mol. The van der Waals surface area contributed by atoms with Crippen molar-refractivity contribution in [1.29, 1.82) is 0 Å². The molecule has 3 heteroatoms. The van der Waals surface area contributed by atoms with Gasteiger partial charge in [-0.2, -0.15) is 0 Å². The summed E-state index contributed by atoms with van der Waals surface area (Å²) >= 11 is 0. The molecule has 0 saturated heterocycles. The van der Waals surface area contributed by atoms with Gasteiger partial charge in [0.1, 0.15) is 5.75 Å². The molecule has 0 atom stereocenters. The summed E-state index contributed by atoms with van der Waals surface area (Å²) in [5.74, 6) is 0.0447. The predicted octanol–water partition coefficient (Wildman–Crippen LogP) is 5.94. The molecule has 0 unspecified atom stereocenters. The molecule has 144 valence electrons. The third-order valence-electron chi connectivity index (χ3n) is 4.55. The number of carbonyl (C=O) groups is 1. The van der Waals surface area contributed by atoms with E-state index in [-0.39, 0.29) is 16.8 Å². The number of esters is 1. The fourth-order valence-corrected chi connectivity index (χ4v) is 2.94. The van der Waals surface area contributed by atoms with Gasteiger partial charge in [0.25, 0.3) is 0 Å². The second kappa shape index (κ2) is 7.59. The van der Waals surface area contributed by atoms with Crippen LogP contribution in [0.5, 0.6) is 5.75 Å². The van der Waals surface area contributed by atoms with Gasteiger partial charge in [0.15, 0.2) is 0 Å². The zero-order valence-corrected chi connectivity index (χ0v) is 17.4. The van der Waals surface area contributed by atoms with E-state index >= 15 is 0 Å². The van der Waals surface area contributed by atoms with Crippen molar-refractivity contribution in [3.8, 4) is 5.75 Å². The van der Waals surface area contributed by atoms with Crippen molar-refractivity contribution in [2.75, 3.05) is 7.11 Å². The number of benzene rings is 2. The van der Waals surface area contributed by atoms with Crippen LogP contribution in [0.2, 0.25) is 0 Å². The van der Waals surface area contributed by atoms with Gasteiger partial charge in [-0.1, -0.05) is 65.8 Å². The number of carbonyl (C=O) groups excluding carboxylic acids is 1. The third-order valence-corrected chi connectivity index (χ3v) is 4.55. The van der Waals surface area contributed by atoms with Crippen LogP contribution in [-0.4, -0.2) is 18.2 Å². The molecule has 2 aromatic rings. The molecule has 0 bridgehead atoms. The van der Waals surface area contributed by atoms with Crippen LogP contribution in [0.3, 0.4) is 0 Å². The summed E-state index contributed by atoms with van der Waals surface area (Å²) in [6.45, 7) is 12.6. The Morgan fingerprint density at radius 2 is 1.30 bits per heavy atom. The van der Waals surface area contributed by atoms with Gasteiger partial charge in [-0.3, -0.25) is 0 Å². The minimum Gasteiger partial charge on any atom is -0.507 e. The van der Waals surface area contributed by atoms with E-state index in [9.17, 15) is 9.90 Å². The highest BCUT2D eigenvalue weighted by Crippen LogP contribution is 2.40. The lowest BCUT2D eigenvalue weighted by Crippen LogP contribution is -2.17. The second-order valence-electron chi connectivity index (χ2n) is 8.91. The highest BCUT2D eigenvalue weighted by atomic mass is 16.5. The van der Waals surface area contributed by atoms with Crippen molar-refractivity contribution >= 4 is 18.1 Å². The van der Waals surface area contributed by atoms with Gasteiger partial charge < -0.3 is 9.84 Å². The number of hydrogen-bond donors (Lipinski definition) is 1. The summed E-state index contributed by atoms with van der Waals surface area (Å²) < 4.78 is 4.73. The maximum absolute atomic E-state index is 11.5. The summed E-state index contributed by atoms with van der Waals surface area (Å²) in [6, 6.07) is 11.4. The average molecular weight is 367 g/mol. The fourth-order valence-electron chi connectivity index (χ4n) is 2.94. The number of methoxy groups -OCH3 is 1. The Morgan fingerprint density at radius 3 is 1.70 bits per heavy atom. The Bertz CT molecular complexity index is 810. The molecule has 0 saturated carbocycles. The summed E-state index contributed by atoms with van der Waals surface area (Å²) in [4.78, 5) is 11.5. The third kappa shape index (κ3) is 5.00. The van der Waals surface area contributed by atoms with E-state index < -0.39 is 0 Å². The minimum absolute atomic E-state index is 0.157. The second-order valence-corrected chi connectivity index (χ2v) is 8.91. The summed E-state index contributed by atoms with van der Waals surface area (Å²) in [5.41, 5.74) is 4.13. The average Bonchev–Trinajstić information content (AvgIpc) is 2.58. The standard InChI is InChI=1S/C24H30O3/c1-23(2,3)19-14-17(15-20(21(19)25)24(4,5)6)9-8-16-10-12-18(13-11-16)22(26)27-7/h8-15,25H,1-7H3. The number of phenolic OH excluding ortho intramolecular Hbond substituents is 1. The van der Waals surface area contributed by atoms with E-state index in [0.29, 0.717) is 11.3 Å². The molecule has 0 radical (unpaired) electrons. The lowest BCUT2D eigenvalue weighted by Gasteiger charge is -2.27. The molecule has 0 amide bonds. The number of phenols is 1. The topological polar surface area (TPSA) is 46.5 Å². The van der Waals surface area contributed by atoms with Crippen LogP contribution in [-0.2, 0) is 15.6 Å². The molecule has 2 aromatic carbocycles. The Balaban J connectivity index is 2.43. The smallest absolute Gasteiger partial charge is 0.337 e. The molecular weight excluding hydrogens is 336 g/mol. The van der Waals surface area contributed by atoms with Crippen LogP contribution in [0.15, 0.2) is 36.4 Å². The van der Waals surface area contributed by atoms with E-state index in [0.717, 1.165) is 22.3 Å². The molecule has 0 aliphatic heterocycles. The van der Waals surface area contributed by atoms with E-state index in [4.69, 9.17) is 4.74 Å². The number of aromatic hydroxyl groups is 1. The molecule has 0 heterocycles. The molecule has 0 aliphatic rings. The van der Waals surface area contributed by atoms with Gasteiger partial charge in [-0.15, -0.1) is 0 Å². The van der Waals surface area contributed by atoms with Gasteiger partial charge in [0, 0.05) is 11.1 Å². The van der Waals surface area contributed by atoms with E-state index in [1.807, 2.05) is 36.4 Å². The maximum atomic E-state index is 11.5. The summed E-state index contributed by atoms with van der Waals surface area (Å²) in [7, 11) is 1.38. The van der Waals surface area contributed by atoms with Gasteiger partial charge >= 0.3 is 5.97 Å². The number of hydrogen-bond acceptors (Lipinski definition) is 3. The van der Waals surface area contributed by atoms with Gasteiger partial charge in [-0.25, -0.2) is 4.79 Å². The van der Waals surface area contributed by atoms with E-state index in [1.54, 1.807) is 12.1 Å². The number of rotatable bonds is 3. The van der Waals surface area contributed by atoms with Crippen molar-refractivity contribution in [3.05, 3.63) is 64.2 Å². The normalized spacial score (nSPS) is 12.4. The molecular formula is C24H30O3. The molecule has 2 rings (SSSR count). The van der Waals surface area contributed by atoms with Gasteiger partial charge in [-0.05, 0) is 46.2 Å². The fraction of sp³-hybridized carbons (Fsp3) is 0.375. The Morgan fingerprint density at radius 1 is 0.852 bits per heavy atom. The van der Waals surface area contributed by atoms with E-state index in [1.165, 1.54) is 7.11 Å². The van der Waals surface area contributed by atoms with Crippen LogP contribution in [0.4, 0.5) is 0 Å². The first-order valence-electron chi connectivity index (χ1n) is 9.18.